The summed E-state index contributed by atoms with van der Waals surface area (Å²) in [5, 5.41) is 0.400. The molecule has 1 aromatic rings. The van der Waals surface area contributed by atoms with E-state index in [2.05, 4.69) is 20.7 Å². The summed E-state index contributed by atoms with van der Waals surface area (Å²) in [5.41, 5.74) is 7.22. The highest BCUT2D eigenvalue weighted by Crippen LogP contribution is 2.33. The third-order valence-corrected chi connectivity index (χ3v) is 3.23. The second kappa shape index (κ2) is 6.82. The van der Waals surface area contributed by atoms with Gasteiger partial charge in [0.05, 0.1) is 10.7 Å². The van der Waals surface area contributed by atoms with Gasteiger partial charge in [-0.15, -0.1) is 0 Å². The van der Waals surface area contributed by atoms with E-state index < -0.39 is 0 Å². The van der Waals surface area contributed by atoms with Gasteiger partial charge in [0.25, 0.3) is 0 Å². The van der Waals surface area contributed by atoms with Crippen LogP contribution < -0.4 is 5.73 Å². The van der Waals surface area contributed by atoms with Gasteiger partial charge in [-0.05, 0) is 34.5 Å². The van der Waals surface area contributed by atoms with Crippen molar-refractivity contribution in [1.82, 2.24) is 0 Å². The van der Waals surface area contributed by atoms with Gasteiger partial charge in [0.15, 0.2) is 6.29 Å². The largest absolute Gasteiger partial charge is 0.397 e. The molecule has 0 aliphatic heterocycles. The van der Waals surface area contributed by atoms with E-state index in [0.29, 0.717) is 22.6 Å². The van der Waals surface area contributed by atoms with E-state index in [0.717, 1.165) is 10.0 Å². The Morgan fingerprint density at radius 2 is 2.00 bits per heavy atom. The molecule has 1 aromatic carbocycles. The Morgan fingerprint density at radius 1 is 1.53 bits per heavy atom. The maximum Gasteiger partial charge on any atom is 0.152 e. The molecule has 0 aliphatic carbocycles. The number of methoxy groups -OCH3 is 1. The van der Waals surface area contributed by atoms with Gasteiger partial charge in [-0.3, -0.25) is 4.79 Å². The van der Waals surface area contributed by atoms with Crippen molar-refractivity contribution < 1.29 is 9.53 Å². The first kappa shape index (κ1) is 14.4. The van der Waals surface area contributed by atoms with Crippen molar-refractivity contribution in [2.24, 2.45) is 0 Å². The molecule has 0 atom stereocenters. The van der Waals surface area contributed by atoms with Crippen molar-refractivity contribution in [3.05, 3.63) is 26.7 Å². The number of carbonyl (C=O) groups excluding carboxylic acids is 1. The minimum atomic E-state index is 0.323. The second-order valence-corrected chi connectivity index (χ2v) is 4.02. The van der Waals surface area contributed by atoms with Gasteiger partial charge in [-0.2, -0.15) is 0 Å². The Morgan fingerprint density at radius 3 is 2.40 bits per heavy atom. The summed E-state index contributed by atoms with van der Waals surface area (Å²) in [7, 11) is 3.25. The van der Waals surface area contributed by atoms with Crippen LogP contribution in [0.3, 0.4) is 0 Å². The zero-order chi connectivity index (χ0) is 12.0. The molecule has 0 aliphatic rings. The van der Waals surface area contributed by atoms with Crippen LogP contribution in [0, 0.1) is 6.92 Å². The Kier molecular flexibility index (Phi) is 6.56. The van der Waals surface area contributed by atoms with Crippen LogP contribution in [0.15, 0.2) is 10.5 Å². The maximum absolute atomic E-state index is 10.5. The van der Waals surface area contributed by atoms with Crippen LogP contribution in [-0.4, -0.2) is 20.5 Å². The Bertz CT molecular complexity index is 356. The molecule has 0 spiro atoms. The lowest BCUT2D eigenvalue weighted by Crippen LogP contribution is -1.96. The molecule has 0 saturated carbocycles. The van der Waals surface area contributed by atoms with Crippen LogP contribution >= 0.6 is 27.5 Å². The van der Waals surface area contributed by atoms with Crippen LogP contribution in [0.1, 0.15) is 15.9 Å². The van der Waals surface area contributed by atoms with E-state index in [9.17, 15) is 4.79 Å². The van der Waals surface area contributed by atoms with Crippen molar-refractivity contribution in [3.63, 3.8) is 0 Å². The van der Waals surface area contributed by atoms with E-state index in [4.69, 9.17) is 17.3 Å². The first-order chi connectivity index (χ1) is 6.99. The van der Waals surface area contributed by atoms with Gasteiger partial charge >= 0.3 is 0 Å². The number of aryl methyl sites for hydroxylation is 1. The first-order valence-electron chi connectivity index (χ1n) is 4.08. The van der Waals surface area contributed by atoms with Crippen molar-refractivity contribution in [3.8, 4) is 0 Å². The third-order valence-electron chi connectivity index (χ3n) is 1.59. The minimum Gasteiger partial charge on any atom is -0.397 e. The fraction of sp³-hybridized carbons (Fsp3) is 0.300. The summed E-state index contributed by atoms with van der Waals surface area (Å²) in [4.78, 5) is 10.5. The number of nitrogen functional groups attached to an aromatic ring is 1. The number of hydrogen-bond acceptors (Lipinski definition) is 3. The van der Waals surface area contributed by atoms with E-state index in [1.807, 2.05) is 6.92 Å². The normalized spacial score (nSPS) is 9.13. The monoisotopic (exact) mass is 293 g/mol. The number of hydrogen-bond donors (Lipinski definition) is 1. The third kappa shape index (κ3) is 3.81. The molecular formula is C10H13BrClNO2. The lowest BCUT2D eigenvalue weighted by Gasteiger charge is -2.06. The van der Waals surface area contributed by atoms with Gasteiger partial charge in [-0.1, -0.05) is 11.6 Å². The predicted molar refractivity (Wildman–Crippen MR) is 66.6 cm³/mol. The lowest BCUT2D eigenvalue weighted by atomic mass is 10.1. The number of benzene rings is 1. The average Bonchev–Trinajstić information content (AvgIpc) is 2.21. The first-order valence-corrected chi connectivity index (χ1v) is 5.26. The Hall–Kier alpha value is -0.580. The average molecular weight is 295 g/mol. The minimum absolute atomic E-state index is 0.323. The molecule has 5 heteroatoms. The van der Waals surface area contributed by atoms with E-state index in [-0.39, 0.29) is 0 Å². The Balaban J connectivity index is 0.000000583. The van der Waals surface area contributed by atoms with Crippen LogP contribution in [0.5, 0.6) is 0 Å². The lowest BCUT2D eigenvalue weighted by molar-refractivity contribution is 0.112. The molecule has 0 saturated heterocycles. The van der Waals surface area contributed by atoms with Crippen LogP contribution in [-0.2, 0) is 4.74 Å². The molecule has 3 nitrogen and oxygen atoms in total. The molecular weight excluding hydrogens is 281 g/mol. The topological polar surface area (TPSA) is 52.3 Å². The molecule has 1 rings (SSSR count). The van der Waals surface area contributed by atoms with Crippen molar-refractivity contribution >= 4 is 39.5 Å². The fourth-order valence-electron chi connectivity index (χ4n) is 0.890. The number of ether oxygens (including phenoxy) is 1. The highest BCUT2D eigenvalue weighted by atomic mass is 79.9. The van der Waals surface area contributed by atoms with Gasteiger partial charge in [0.2, 0.25) is 0 Å². The van der Waals surface area contributed by atoms with Gasteiger partial charge < -0.3 is 10.5 Å². The molecule has 84 valence electrons. The molecule has 0 unspecified atom stereocenters. The van der Waals surface area contributed by atoms with Crippen LogP contribution in [0.2, 0.25) is 5.02 Å². The molecule has 15 heavy (non-hydrogen) atoms. The van der Waals surface area contributed by atoms with Gasteiger partial charge in [0.1, 0.15) is 0 Å². The summed E-state index contributed by atoms with van der Waals surface area (Å²) < 4.78 is 4.99. The van der Waals surface area contributed by atoms with Gasteiger partial charge in [-0.25, -0.2) is 0 Å². The molecule has 0 radical (unpaired) electrons. The van der Waals surface area contributed by atoms with Crippen LogP contribution in [0.25, 0.3) is 0 Å². The molecule has 2 N–H and O–H groups in total. The van der Waals surface area contributed by atoms with Crippen LogP contribution in [0.4, 0.5) is 5.69 Å². The van der Waals surface area contributed by atoms with Crippen molar-refractivity contribution in [2.75, 3.05) is 20.0 Å². The number of anilines is 1. The number of carbonyl (C=O) groups is 1. The highest BCUT2D eigenvalue weighted by molar-refractivity contribution is 9.10. The Labute approximate surface area is 103 Å². The van der Waals surface area contributed by atoms with E-state index in [1.54, 1.807) is 20.3 Å². The molecule has 0 fully saturated rings. The zero-order valence-corrected chi connectivity index (χ0v) is 11.1. The summed E-state index contributed by atoms with van der Waals surface area (Å²) in [6.45, 7) is 1.85. The standard InChI is InChI=1S/C8H7BrClNO.C2H6O/c1-4-2-5(3-12)8(11)7(10)6(4)9;1-3-2/h2-3H,11H2,1H3;1-2H3. The molecule has 0 bridgehead atoms. The predicted octanol–water partition coefficient (Wildman–Crippen LogP) is 3.07. The quantitative estimate of drug-likeness (QED) is 0.640. The summed E-state index contributed by atoms with van der Waals surface area (Å²) in [5.74, 6) is 0. The fourth-order valence-corrected chi connectivity index (χ4v) is 1.48. The SMILES string of the molecule is COC.Cc1cc(C=O)c(N)c(Cl)c1Br. The number of aldehydes is 1. The summed E-state index contributed by atoms with van der Waals surface area (Å²) in [6.07, 6.45) is 0.695. The summed E-state index contributed by atoms with van der Waals surface area (Å²) in [6, 6.07) is 1.69. The summed E-state index contributed by atoms with van der Waals surface area (Å²) >= 11 is 9.10. The second-order valence-electron chi connectivity index (χ2n) is 2.85. The van der Waals surface area contributed by atoms with Crippen molar-refractivity contribution in [1.29, 1.82) is 0 Å². The van der Waals surface area contributed by atoms with E-state index in [1.165, 1.54) is 0 Å². The maximum atomic E-state index is 10.5. The number of nitrogens with two attached hydrogens (primary N) is 1. The molecule has 0 heterocycles. The highest BCUT2D eigenvalue weighted by Gasteiger charge is 2.09. The number of halogens is 2. The van der Waals surface area contributed by atoms with Gasteiger partial charge in [0, 0.05) is 24.3 Å². The molecule has 0 aromatic heterocycles. The zero-order valence-electron chi connectivity index (χ0n) is 8.80. The molecule has 0 amide bonds. The smallest absolute Gasteiger partial charge is 0.152 e. The number of rotatable bonds is 1. The van der Waals surface area contributed by atoms with Crippen molar-refractivity contribution in [2.45, 2.75) is 6.92 Å². The van der Waals surface area contributed by atoms with E-state index >= 15 is 0 Å².